The molecule has 0 saturated carbocycles. The molecule has 0 aliphatic heterocycles. The number of sulfonamides is 1. The monoisotopic (exact) mass is 674 g/mol. The van der Waals surface area contributed by atoms with E-state index in [-0.39, 0.29) is 16.5 Å². The predicted molar refractivity (Wildman–Crippen MR) is 167 cm³/mol. The number of carbonyl (C=O) groups is 2. The van der Waals surface area contributed by atoms with Crippen molar-refractivity contribution in [1.82, 2.24) is 5.43 Å². The first-order valence-electron chi connectivity index (χ1n) is 13.3. The number of methoxy groups -OCH3 is 1. The van der Waals surface area contributed by atoms with Crippen molar-refractivity contribution in [1.29, 1.82) is 0 Å². The van der Waals surface area contributed by atoms with Crippen molar-refractivity contribution >= 4 is 51.0 Å². The van der Waals surface area contributed by atoms with Crippen LogP contribution in [0.5, 0.6) is 11.5 Å². The summed E-state index contributed by atoms with van der Waals surface area (Å²) in [6.45, 7) is -1.21. The van der Waals surface area contributed by atoms with Crippen molar-refractivity contribution in [3.05, 3.63) is 113 Å². The molecule has 0 heterocycles. The summed E-state index contributed by atoms with van der Waals surface area (Å²) in [4.78, 5) is 24.8. The van der Waals surface area contributed by atoms with Gasteiger partial charge >= 0.3 is 6.18 Å². The van der Waals surface area contributed by atoms with Crippen LogP contribution in [0.4, 0.5) is 24.5 Å². The molecule has 2 amide bonds. The first-order chi connectivity index (χ1) is 21.9. The van der Waals surface area contributed by atoms with Crippen molar-refractivity contribution in [2.24, 2.45) is 5.10 Å². The highest BCUT2D eigenvalue weighted by atomic mass is 35.5. The fourth-order valence-electron chi connectivity index (χ4n) is 3.98. The molecular weight excluding hydrogens is 649 g/mol. The third kappa shape index (κ3) is 8.76. The van der Waals surface area contributed by atoms with Crippen LogP contribution in [0.25, 0.3) is 0 Å². The van der Waals surface area contributed by atoms with Crippen LogP contribution in [0.2, 0.25) is 5.02 Å². The lowest BCUT2D eigenvalue weighted by Gasteiger charge is -2.25. The molecule has 0 aromatic heterocycles. The molecule has 0 aliphatic rings. The highest BCUT2D eigenvalue weighted by molar-refractivity contribution is 7.92. The first-order valence-corrected chi connectivity index (χ1v) is 15.1. The van der Waals surface area contributed by atoms with Crippen molar-refractivity contribution in [3.8, 4) is 11.5 Å². The normalized spacial score (nSPS) is 11.6. The van der Waals surface area contributed by atoms with Gasteiger partial charge in [-0.3, -0.25) is 13.9 Å². The number of para-hydroxylation sites is 2. The average molecular weight is 675 g/mol. The molecule has 2 N–H and O–H groups in total. The van der Waals surface area contributed by atoms with Crippen LogP contribution in [0, 0.1) is 0 Å². The number of benzene rings is 4. The van der Waals surface area contributed by atoms with Gasteiger partial charge in [-0.2, -0.15) is 18.3 Å². The van der Waals surface area contributed by atoms with E-state index in [0.29, 0.717) is 39.2 Å². The van der Waals surface area contributed by atoms with Gasteiger partial charge in [-0.1, -0.05) is 41.9 Å². The summed E-state index contributed by atoms with van der Waals surface area (Å²) in [5.41, 5.74) is 1.48. The molecule has 46 heavy (non-hydrogen) atoms. The number of hydrogen-bond donors (Lipinski definition) is 2. The lowest BCUT2D eigenvalue weighted by Crippen LogP contribution is -2.40. The maximum Gasteiger partial charge on any atom is 0.416 e. The summed E-state index contributed by atoms with van der Waals surface area (Å²) in [6.07, 6.45) is -3.54. The minimum atomic E-state index is -4.79. The second-order valence-electron chi connectivity index (χ2n) is 9.39. The molecule has 15 heteroatoms. The Labute approximate surface area is 267 Å². The number of amides is 2. The molecule has 4 aromatic rings. The number of ether oxygens (including phenoxy) is 2. The predicted octanol–water partition coefficient (Wildman–Crippen LogP) is 5.73. The number of nitrogens with zero attached hydrogens (tertiary/aromatic N) is 2. The molecule has 0 radical (unpaired) electrons. The summed E-state index contributed by atoms with van der Waals surface area (Å²) >= 11 is 6.13. The Balaban J connectivity index is 1.41. The second-order valence-corrected chi connectivity index (χ2v) is 11.7. The molecule has 0 unspecified atom stereocenters. The molecule has 4 aromatic carbocycles. The summed E-state index contributed by atoms with van der Waals surface area (Å²) in [6, 6.07) is 22.2. The van der Waals surface area contributed by atoms with Gasteiger partial charge in [0.2, 0.25) is 0 Å². The number of carbonyl (C=O) groups excluding carboxylic acids is 2. The van der Waals surface area contributed by atoms with Gasteiger partial charge in [-0.15, -0.1) is 0 Å². The molecular formula is C31H26ClF3N4O6S. The molecule has 0 aliphatic carbocycles. The maximum absolute atomic E-state index is 13.4. The largest absolute Gasteiger partial charge is 0.495 e. The molecule has 0 spiro atoms. The fraction of sp³-hybridized carbons (Fsp3) is 0.129. The zero-order chi connectivity index (χ0) is 33.3. The van der Waals surface area contributed by atoms with Gasteiger partial charge in [0.1, 0.15) is 18.0 Å². The lowest BCUT2D eigenvalue weighted by atomic mass is 10.2. The molecule has 0 saturated heterocycles. The molecule has 0 atom stereocenters. The summed E-state index contributed by atoms with van der Waals surface area (Å²) in [5.74, 6) is -0.495. The maximum atomic E-state index is 13.4. The van der Waals surface area contributed by atoms with E-state index in [1.165, 1.54) is 37.6 Å². The van der Waals surface area contributed by atoms with Crippen molar-refractivity contribution in [3.63, 3.8) is 0 Å². The Bertz CT molecular complexity index is 1820. The minimum absolute atomic E-state index is 0.264. The van der Waals surface area contributed by atoms with Crippen LogP contribution >= 0.6 is 11.6 Å². The van der Waals surface area contributed by atoms with E-state index in [1.807, 2.05) is 0 Å². The average Bonchev–Trinajstić information content (AvgIpc) is 3.03. The molecule has 10 nitrogen and oxygen atoms in total. The molecule has 0 fully saturated rings. The lowest BCUT2D eigenvalue weighted by molar-refractivity contribution is -0.137. The molecule has 4 rings (SSSR count). The Morgan fingerprint density at radius 2 is 1.61 bits per heavy atom. The summed E-state index contributed by atoms with van der Waals surface area (Å²) in [7, 11) is -3.04. The number of alkyl halides is 3. The summed E-state index contributed by atoms with van der Waals surface area (Å²) < 4.78 is 78.4. The first kappa shape index (κ1) is 33.8. The van der Waals surface area contributed by atoms with Crippen LogP contribution in [-0.4, -0.2) is 46.7 Å². The Kier molecular flexibility index (Phi) is 10.9. The van der Waals surface area contributed by atoms with Gasteiger partial charge in [0.15, 0.2) is 6.61 Å². The van der Waals surface area contributed by atoms with Gasteiger partial charge in [-0.25, -0.2) is 13.8 Å². The van der Waals surface area contributed by atoms with Gasteiger partial charge in [0, 0.05) is 0 Å². The van der Waals surface area contributed by atoms with Crippen LogP contribution in [-0.2, 0) is 25.8 Å². The Hall–Kier alpha value is -5.08. The van der Waals surface area contributed by atoms with E-state index >= 15 is 0 Å². The van der Waals surface area contributed by atoms with Crippen molar-refractivity contribution in [2.75, 3.05) is 29.9 Å². The van der Waals surface area contributed by atoms with Crippen LogP contribution in [0.3, 0.4) is 0 Å². The third-order valence-electron chi connectivity index (χ3n) is 6.19. The van der Waals surface area contributed by atoms with Crippen molar-refractivity contribution in [2.45, 2.75) is 11.1 Å². The highest BCUT2D eigenvalue weighted by Crippen LogP contribution is 2.37. The standard InChI is InChI=1S/C31H26ClF3N4O6S/c1-44-28-10-6-5-9-26(28)37-30(41)20-45-23-14-11-21(12-15-23)18-36-38-29(40)19-39(46(42,43)24-7-3-2-4-8-24)27-17-22(31(33,34)35)13-16-25(27)32/h2-18H,19-20H2,1H3,(H,37,41)(H,38,40)/b36-18-. The van der Waals surface area contributed by atoms with E-state index in [2.05, 4.69) is 15.8 Å². The van der Waals surface area contributed by atoms with Crippen LogP contribution in [0.15, 0.2) is 107 Å². The number of rotatable bonds is 12. The van der Waals surface area contributed by atoms with E-state index in [4.69, 9.17) is 21.1 Å². The van der Waals surface area contributed by atoms with Gasteiger partial charge < -0.3 is 14.8 Å². The number of hydrazone groups is 1. The van der Waals surface area contributed by atoms with Gasteiger partial charge in [-0.05, 0) is 72.3 Å². The van der Waals surface area contributed by atoms with E-state index < -0.39 is 45.8 Å². The SMILES string of the molecule is COc1ccccc1NC(=O)COc1ccc(/C=N\NC(=O)CN(c2cc(C(F)(F)F)ccc2Cl)S(=O)(=O)c2ccccc2)cc1. The Morgan fingerprint density at radius 1 is 0.935 bits per heavy atom. The second kappa shape index (κ2) is 14.8. The number of hydrogen-bond acceptors (Lipinski definition) is 7. The third-order valence-corrected chi connectivity index (χ3v) is 8.29. The van der Waals surface area contributed by atoms with Crippen molar-refractivity contribution < 1.29 is 40.7 Å². The van der Waals surface area contributed by atoms with Gasteiger partial charge in [0.25, 0.3) is 21.8 Å². The number of nitrogens with one attached hydrogen (secondary N) is 2. The summed E-state index contributed by atoms with van der Waals surface area (Å²) in [5, 5.41) is 6.18. The van der Waals surface area contributed by atoms with Gasteiger partial charge in [0.05, 0.1) is 40.2 Å². The number of anilines is 2. The highest BCUT2D eigenvalue weighted by Gasteiger charge is 2.34. The topological polar surface area (TPSA) is 126 Å². The van der Waals surface area contributed by atoms with E-state index in [1.54, 1.807) is 54.6 Å². The number of halogens is 4. The van der Waals surface area contributed by atoms with E-state index in [0.717, 1.165) is 6.07 Å². The Morgan fingerprint density at radius 3 is 2.28 bits per heavy atom. The zero-order valence-electron chi connectivity index (χ0n) is 24.0. The zero-order valence-corrected chi connectivity index (χ0v) is 25.6. The van der Waals surface area contributed by atoms with E-state index in [9.17, 15) is 31.2 Å². The van der Waals surface area contributed by atoms with Crippen LogP contribution < -0.4 is 24.5 Å². The smallest absolute Gasteiger partial charge is 0.416 e. The minimum Gasteiger partial charge on any atom is -0.495 e. The quantitative estimate of drug-likeness (QED) is 0.146. The molecule has 240 valence electrons. The van der Waals surface area contributed by atoms with Crippen LogP contribution in [0.1, 0.15) is 11.1 Å². The molecule has 0 bridgehead atoms. The fourth-order valence-corrected chi connectivity index (χ4v) is 5.70.